The first kappa shape index (κ1) is 28.4. The maximum atomic E-state index is 13.7. The van der Waals surface area contributed by atoms with Crippen LogP contribution in [0.4, 0.5) is 32.0 Å². The van der Waals surface area contributed by atoms with Crippen LogP contribution in [0.2, 0.25) is 0 Å². The summed E-state index contributed by atoms with van der Waals surface area (Å²) in [6.45, 7) is -0.981. The summed E-state index contributed by atoms with van der Waals surface area (Å²) >= 11 is 0. The molecule has 1 aromatic carbocycles. The van der Waals surface area contributed by atoms with Gasteiger partial charge < -0.3 is 15.2 Å². The van der Waals surface area contributed by atoms with Crippen molar-refractivity contribution in [2.24, 2.45) is 5.92 Å². The molecule has 1 aromatic heterocycles. The number of hydrogen-bond acceptors (Lipinski definition) is 7. The van der Waals surface area contributed by atoms with Crippen molar-refractivity contribution >= 4 is 21.6 Å². The molecule has 9 nitrogen and oxygen atoms in total. The molecular weight excluding hydrogens is 534 g/mol. The molecule has 37 heavy (non-hydrogen) atoms. The number of sulfonamides is 1. The van der Waals surface area contributed by atoms with E-state index in [9.17, 15) is 44.7 Å². The minimum atomic E-state index is -5.29. The van der Waals surface area contributed by atoms with E-state index in [0.717, 1.165) is 18.4 Å². The maximum Gasteiger partial charge on any atom is 0.435 e. The highest BCUT2D eigenvalue weighted by atomic mass is 32.2. The molecule has 0 aliphatic heterocycles. The zero-order chi connectivity index (χ0) is 27.8. The Hall–Kier alpha value is -3.14. The number of carbonyl (C=O) groups excluding carboxylic acids is 1. The summed E-state index contributed by atoms with van der Waals surface area (Å²) in [7, 11) is -3.67. The Morgan fingerprint density at radius 3 is 2.19 bits per heavy atom. The number of amides is 1. The third kappa shape index (κ3) is 7.92. The van der Waals surface area contributed by atoms with Crippen LogP contribution in [-0.4, -0.2) is 60.6 Å². The number of aromatic nitrogens is 2. The van der Waals surface area contributed by atoms with Crippen LogP contribution in [0.1, 0.15) is 35.9 Å². The van der Waals surface area contributed by atoms with Crippen LogP contribution in [0.25, 0.3) is 11.3 Å². The highest BCUT2D eigenvalue weighted by Crippen LogP contribution is 2.39. The summed E-state index contributed by atoms with van der Waals surface area (Å²) in [6.07, 6.45) is -8.00. The number of alkyl halides is 6. The first-order valence-corrected chi connectivity index (χ1v) is 12.5. The lowest BCUT2D eigenvalue weighted by atomic mass is 10.0. The van der Waals surface area contributed by atoms with E-state index >= 15 is 0 Å². The Bertz CT molecular complexity index is 1260. The molecule has 0 saturated heterocycles. The van der Waals surface area contributed by atoms with Gasteiger partial charge in [-0.05, 0) is 37.8 Å². The molecular formula is C21H22F6N4O5S. The van der Waals surface area contributed by atoms with Crippen molar-refractivity contribution in [1.29, 1.82) is 0 Å². The van der Waals surface area contributed by atoms with Crippen LogP contribution in [0.15, 0.2) is 24.3 Å². The van der Waals surface area contributed by atoms with E-state index in [4.69, 9.17) is 0 Å². The van der Waals surface area contributed by atoms with Gasteiger partial charge in [-0.25, -0.2) is 18.4 Å². The topological polar surface area (TPSA) is 131 Å². The molecule has 1 aliphatic rings. The van der Waals surface area contributed by atoms with Gasteiger partial charge in [0.25, 0.3) is 5.91 Å². The fourth-order valence-electron chi connectivity index (χ4n) is 3.32. The summed E-state index contributed by atoms with van der Waals surface area (Å²) in [6, 6.07) is 4.64. The maximum absolute atomic E-state index is 13.7. The quantitative estimate of drug-likeness (QED) is 0.404. The highest BCUT2D eigenvalue weighted by molar-refractivity contribution is 7.92. The minimum absolute atomic E-state index is 0.0455. The van der Waals surface area contributed by atoms with Crippen LogP contribution in [-0.2, 0) is 16.2 Å². The van der Waals surface area contributed by atoms with Crippen molar-refractivity contribution in [2.45, 2.75) is 37.7 Å². The zero-order valence-electron chi connectivity index (χ0n) is 19.4. The number of hydrogen-bond donors (Lipinski definition) is 3. The summed E-state index contributed by atoms with van der Waals surface area (Å²) in [4.78, 5) is 19.5. The number of benzene rings is 1. The second-order valence-electron chi connectivity index (χ2n) is 8.74. The Kier molecular flexibility index (Phi) is 7.66. The third-order valence-electron chi connectivity index (χ3n) is 5.25. The summed E-state index contributed by atoms with van der Waals surface area (Å²) in [5.74, 6) is -2.65. The lowest BCUT2D eigenvalue weighted by Crippen LogP contribution is -2.43. The predicted octanol–water partition coefficient (Wildman–Crippen LogP) is 3.37. The number of carbonyl (C=O) groups is 1. The Balaban J connectivity index is 2.06. The molecule has 1 unspecified atom stereocenters. The molecule has 0 spiro atoms. The molecule has 204 valence electrons. The molecule has 0 radical (unpaired) electrons. The minimum Gasteiger partial charge on any atom is -0.466 e. The molecule has 1 aliphatic carbocycles. The van der Waals surface area contributed by atoms with Gasteiger partial charge in [-0.3, -0.25) is 9.52 Å². The number of nitrogens with one attached hydrogen (secondary N) is 2. The largest absolute Gasteiger partial charge is 0.466 e. The van der Waals surface area contributed by atoms with Gasteiger partial charge in [-0.15, -0.1) is 0 Å². The average molecular weight is 556 g/mol. The highest BCUT2D eigenvalue weighted by Gasteiger charge is 2.43. The molecule has 1 heterocycles. The van der Waals surface area contributed by atoms with Gasteiger partial charge in [-0.1, -0.05) is 12.1 Å². The monoisotopic (exact) mass is 556 g/mol. The SMILES string of the molecule is CC(O)(CNC(=O)c1nc(-c2ccc(NS(C)(=O)=O)cc2)c(OCC(F)(F)F)nc1C(F)(F)F)C1CC1. The van der Waals surface area contributed by atoms with Crippen molar-refractivity contribution in [2.75, 3.05) is 24.1 Å². The molecule has 2 aromatic rings. The van der Waals surface area contributed by atoms with Crippen molar-refractivity contribution in [3.8, 4) is 17.1 Å². The summed E-state index contributed by atoms with van der Waals surface area (Å²) < 4.78 is 109. The summed E-state index contributed by atoms with van der Waals surface area (Å²) in [5.41, 5.74) is -5.20. The average Bonchev–Trinajstić information content (AvgIpc) is 3.60. The van der Waals surface area contributed by atoms with Gasteiger partial charge in [0.2, 0.25) is 15.9 Å². The molecule has 16 heteroatoms. The van der Waals surface area contributed by atoms with Crippen LogP contribution >= 0.6 is 0 Å². The standard InChI is InChI=1S/C21H22F6N4O5S/c1-19(33,12-5-6-12)9-28-17(32)15-16(21(25,26)27)30-18(36-10-20(22,23)24)14(29-15)11-3-7-13(8-4-11)31-37(2,34)35/h3-4,7-8,12,31,33H,5-6,9-10H2,1-2H3,(H,28,32). The Morgan fingerprint density at radius 1 is 1.11 bits per heavy atom. The van der Waals surface area contributed by atoms with Crippen LogP contribution < -0.4 is 14.8 Å². The lowest BCUT2D eigenvalue weighted by molar-refractivity contribution is -0.154. The lowest BCUT2D eigenvalue weighted by Gasteiger charge is -2.23. The number of halogens is 6. The van der Waals surface area contributed by atoms with Gasteiger partial charge in [0, 0.05) is 17.8 Å². The van der Waals surface area contributed by atoms with E-state index in [-0.39, 0.29) is 17.2 Å². The normalized spacial score (nSPS) is 16.1. The Labute approximate surface area is 207 Å². The number of ether oxygens (including phenoxy) is 1. The van der Waals surface area contributed by atoms with E-state index in [1.165, 1.54) is 19.1 Å². The van der Waals surface area contributed by atoms with Gasteiger partial charge in [0.05, 0.1) is 11.9 Å². The van der Waals surface area contributed by atoms with Crippen LogP contribution in [0.3, 0.4) is 0 Å². The van der Waals surface area contributed by atoms with E-state index < -0.39 is 70.0 Å². The van der Waals surface area contributed by atoms with E-state index in [0.29, 0.717) is 12.8 Å². The van der Waals surface area contributed by atoms with E-state index in [1.807, 2.05) is 0 Å². The zero-order valence-corrected chi connectivity index (χ0v) is 20.2. The number of anilines is 1. The van der Waals surface area contributed by atoms with Gasteiger partial charge >= 0.3 is 12.4 Å². The molecule has 1 amide bonds. The summed E-state index contributed by atoms with van der Waals surface area (Å²) in [5, 5.41) is 12.5. The number of rotatable bonds is 9. The van der Waals surface area contributed by atoms with E-state index in [2.05, 4.69) is 24.7 Å². The second-order valence-corrected chi connectivity index (χ2v) is 10.5. The molecule has 1 atom stereocenters. The number of nitrogens with zero attached hydrogens (tertiary/aromatic N) is 2. The van der Waals surface area contributed by atoms with Crippen LogP contribution in [0.5, 0.6) is 5.88 Å². The molecule has 1 fully saturated rings. The van der Waals surface area contributed by atoms with Crippen LogP contribution in [0, 0.1) is 5.92 Å². The molecule has 3 rings (SSSR count). The second kappa shape index (κ2) is 9.96. The van der Waals surface area contributed by atoms with Crippen molar-refractivity contribution in [1.82, 2.24) is 15.3 Å². The van der Waals surface area contributed by atoms with Crippen molar-refractivity contribution in [3.05, 3.63) is 35.7 Å². The first-order chi connectivity index (χ1) is 16.9. The predicted molar refractivity (Wildman–Crippen MR) is 118 cm³/mol. The van der Waals surface area contributed by atoms with Gasteiger partial charge in [0.15, 0.2) is 18.0 Å². The fourth-order valence-corrected chi connectivity index (χ4v) is 3.88. The molecule has 0 bridgehead atoms. The van der Waals surface area contributed by atoms with Gasteiger partial charge in [0.1, 0.15) is 5.69 Å². The van der Waals surface area contributed by atoms with Crippen molar-refractivity contribution < 1.29 is 49.4 Å². The van der Waals surface area contributed by atoms with Gasteiger partial charge in [-0.2, -0.15) is 26.3 Å². The third-order valence-corrected chi connectivity index (χ3v) is 5.85. The fraction of sp³-hybridized carbons (Fsp3) is 0.476. The Morgan fingerprint density at radius 2 is 1.70 bits per heavy atom. The molecule has 1 saturated carbocycles. The number of aliphatic hydroxyl groups is 1. The van der Waals surface area contributed by atoms with Crippen molar-refractivity contribution in [3.63, 3.8) is 0 Å². The first-order valence-electron chi connectivity index (χ1n) is 10.6. The molecule has 3 N–H and O–H groups in total. The van der Waals surface area contributed by atoms with E-state index in [1.54, 1.807) is 0 Å². The smallest absolute Gasteiger partial charge is 0.435 e.